The van der Waals surface area contributed by atoms with Crippen molar-refractivity contribution in [2.45, 2.75) is 11.8 Å². The summed E-state index contributed by atoms with van der Waals surface area (Å²) in [6.07, 6.45) is 1.63. The fourth-order valence-corrected chi connectivity index (χ4v) is 2.45. The van der Waals surface area contributed by atoms with Gasteiger partial charge in [-0.15, -0.1) is 0 Å². The Bertz CT molecular complexity index is 686. The fourth-order valence-electron chi connectivity index (χ4n) is 1.68. The maximum absolute atomic E-state index is 11.6. The SMILES string of the molecule is CNS(=O)(=O)c1ccc2c(ccn2C(C)=O)c1. The highest BCUT2D eigenvalue weighted by Gasteiger charge is 2.13. The Morgan fingerprint density at radius 2 is 2.00 bits per heavy atom. The zero-order valence-electron chi connectivity index (χ0n) is 9.47. The van der Waals surface area contributed by atoms with Gasteiger partial charge in [0.1, 0.15) is 0 Å². The van der Waals surface area contributed by atoms with Crippen molar-refractivity contribution in [1.82, 2.24) is 9.29 Å². The van der Waals surface area contributed by atoms with Gasteiger partial charge >= 0.3 is 0 Å². The lowest BCUT2D eigenvalue weighted by molar-refractivity contribution is 0.0941. The minimum Gasteiger partial charge on any atom is -0.287 e. The molecule has 0 spiro atoms. The normalized spacial score (nSPS) is 11.9. The molecule has 0 aliphatic rings. The topological polar surface area (TPSA) is 68.2 Å². The van der Waals surface area contributed by atoms with E-state index in [1.165, 1.54) is 24.6 Å². The van der Waals surface area contributed by atoms with Crippen molar-refractivity contribution in [3.63, 3.8) is 0 Å². The van der Waals surface area contributed by atoms with Crippen molar-refractivity contribution in [1.29, 1.82) is 0 Å². The Hall–Kier alpha value is -1.66. The average molecular weight is 252 g/mol. The summed E-state index contributed by atoms with van der Waals surface area (Å²) in [6, 6.07) is 6.36. The van der Waals surface area contributed by atoms with Crippen LogP contribution in [0.25, 0.3) is 10.9 Å². The van der Waals surface area contributed by atoms with Crippen LogP contribution in [0.5, 0.6) is 0 Å². The molecule has 0 atom stereocenters. The smallest absolute Gasteiger partial charge is 0.240 e. The predicted octanol–water partition coefficient (Wildman–Crippen LogP) is 1.21. The van der Waals surface area contributed by atoms with Crippen molar-refractivity contribution in [3.05, 3.63) is 30.5 Å². The molecule has 0 saturated heterocycles. The van der Waals surface area contributed by atoms with Crippen LogP contribution in [0.3, 0.4) is 0 Å². The number of benzene rings is 1. The minimum absolute atomic E-state index is 0.107. The quantitative estimate of drug-likeness (QED) is 0.873. The lowest BCUT2D eigenvalue weighted by atomic mass is 10.2. The summed E-state index contributed by atoms with van der Waals surface area (Å²) in [6.45, 7) is 1.46. The summed E-state index contributed by atoms with van der Waals surface area (Å²) in [7, 11) is -2.08. The van der Waals surface area contributed by atoms with E-state index in [1.54, 1.807) is 24.4 Å². The van der Waals surface area contributed by atoms with Crippen LogP contribution < -0.4 is 4.72 Å². The molecule has 0 aliphatic heterocycles. The molecule has 0 bridgehead atoms. The number of sulfonamides is 1. The number of aromatic nitrogens is 1. The second kappa shape index (κ2) is 3.97. The van der Waals surface area contributed by atoms with Crippen LogP contribution in [0.15, 0.2) is 35.4 Å². The maximum Gasteiger partial charge on any atom is 0.240 e. The van der Waals surface area contributed by atoms with Gasteiger partial charge in [0.25, 0.3) is 0 Å². The van der Waals surface area contributed by atoms with Crippen LogP contribution in [0.2, 0.25) is 0 Å². The molecule has 17 heavy (non-hydrogen) atoms. The zero-order valence-corrected chi connectivity index (χ0v) is 10.3. The molecule has 1 aromatic carbocycles. The van der Waals surface area contributed by atoms with Crippen molar-refractivity contribution in [2.75, 3.05) is 7.05 Å². The molecule has 5 nitrogen and oxygen atoms in total. The van der Waals surface area contributed by atoms with E-state index in [1.807, 2.05) is 0 Å². The van der Waals surface area contributed by atoms with Gasteiger partial charge in [0.15, 0.2) is 0 Å². The number of nitrogens with zero attached hydrogens (tertiary/aromatic N) is 1. The number of carbonyl (C=O) groups is 1. The highest BCUT2D eigenvalue weighted by atomic mass is 32.2. The van der Waals surface area contributed by atoms with Crippen LogP contribution in [0.4, 0.5) is 0 Å². The molecule has 1 aromatic heterocycles. The van der Waals surface area contributed by atoms with Gasteiger partial charge in [0, 0.05) is 18.5 Å². The van der Waals surface area contributed by atoms with Crippen LogP contribution in [0.1, 0.15) is 11.7 Å². The second-order valence-corrected chi connectivity index (χ2v) is 5.52. The van der Waals surface area contributed by atoms with Gasteiger partial charge in [0.05, 0.1) is 10.4 Å². The van der Waals surface area contributed by atoms with E-state index in [2.05, 4.69) is 4.72 Å². The third-order valence-corrected chi connectivity index (χ3v) is 3.99. The van der Waals surface area contributed by atoms with E-state index >= 15 is 0 Å². The summed E-state index contributed by atoms with van der Waals surface area (Å²) in [5, 5.41) is 0.719. The molecular weight excluding hydrogens is 240 g/mol. The van der Waals surface area contributed by atoms with Gasteiger partial charge in [-0.3, -0.25) is 9.36 Å². The number of hydrogen-bond donors (Lipinski definition) is 1. The standard InChI is InChI=1S/C11H12N2O3S/c1-8(14)13-6-5-9-7-10(3-4-11(9)13)17(15,16)12-2/h3-7,12H,1-2H3. The monoisotopic (exact) mass is 252 g/mol. The Labute approximate surface area is 99.1 Å². The molecule has 6 heteroatoms. The molecule has 2 rings (SSSR count). The average Bonchev–Trinajstić information content (AvgIpc) is 2.71. The van der Waals surface area contributed by atoms with Crippen LogP contribution in [-0.2, 0) is 10.0 Å². The van der Waals surface area contributed by atoms with Gasteiger partial charge in [0.2, 0.25) is 15.9 Å². The summed E-state index contributed by atoms with van der Waals surface area (Å²) in [4.78, 5) is 11.5. The minimum atomic E-state index is -3.44. The largest absolute Gasteiger partial charge is 0.287 e. The van der Waals surface area contributed by atoms with Gasteiger partial charge < -0.3 is 0 Å². The Kier molecular flexibility index (Phi) is 2.76. The first-order valence-corrected chi connectivity index (χ1v) is 6.49. The lowest BCUT2D eigenvalue weighted by Gasteiger charge is -2.03. The third kappa shape index (κ3) is 1.96. The first-order valence-electron chi connectivity index (χ1n) is 5.01. The van der Waals surface area contributed by atoms with Crippen LogP contribution in [0, 0.1) is 0 Å². The van der Waals surface area contributed by atoms with E-state index in [4.69, 9.17) is 0 Å². The van der Waals surface area contributed by atoms with E-state index in [0.29, 0.717) is 5.52 Å². The number of fused-ring (bicyclic) bond motifs is 1. The highest BCUT2D eigenvalue weighted by Crippen LogP contribution is 2.20. The van der Waals surface area contributed by atoms with Gasteiger partial charge in [-0.2, -0.15) is 0 Å². The molecule has 0 amide bonds. The van der Waals surface area contributed by atoms with Crippen molar-refractivity contribution >= 4 is 26.8 Å². The molecule has 0 fully saturated rings. The molecule has 90 valence electrons. The number of rotatable bonds is 2. The van der Waals surface area contributed by atoms with Crippen LogP contribution >= 0.6 is 0 Å². The van der Waals surface area contributed by atoms with Gasteiger partial charge in [-0.05, 0) is 31.3 Å². The van der Waals surface area contributed by atoms with Crippen molar-refractivity contribution in [3.8, 4) is 0 Å². The Morgan fingerprint density at radius 3 is 2.59 bits per heavy atom. The molecule has 0 saturated carbocycles. The Balaban J connectivity index is 2.66. The number of hydrogen-bond acceptors (Lipinski definition) is 3. The highest BCUT2D eigenvalue weighted by molar-refractivity contribution is 7.89. The predicted molar refractivity (Wildman–Crippen MR) is 64.5 cm³/mol. The summed E-state index contributed by atoms with van der Waals surface area (Å²) in [5.41, 5.74) is 0.701. The molecular formula is C11H12N2O3S. The Morgan fingerprint density at radius 1 is 1.29 bits per heavy atom. The van der Waals surface area contributed by atoms with Crippen molar-refractivity contribution in [2.24, 2.45) is 0 Å². The molecule has 0 radical (unpaired) electrons. The summed E-state index contributed by atoms with van der Waals surface area (Å²) >= 11 is 0. The fraction of sp³-hybridized carbons (Fsp3) is 0.182. The molecule has 1 heterocycles. The molecule has 0 unspecified atom stereocenters. The first-order chi connectivity index (χ1) is 7.95. The van der Waals surface area contributed by atoms with E-state index in [-0.39, 0.29) is 10.8 Å². The van der Waals surface area contributed by atoms with E-state index < -0.39 is 10.0 Å². The van der Waals surface area contributed by atoms with E-state index in [9.17, 15) is 13.2 Å². The van der Waals surface area contributed by atoms with E-state index in [0.717, 1.165) is 5.39 Å². The van der Waals surface area contributed by atoms with Gasteiger partial charge in [-0.1, -0.05) is 0 Å². The maximum atomic E-state index is 11.6. The van der Waals surface area contributed by atoms with Crippen molar-refractivity contribution < 1.29 is 13.2 Å². The van der Waals surface area contributed by atoms with Crippen LogP contribution in [-0.4, -0.2) is 25.9 Å². The lowest BCUT2D eigenvalue weighted by Crippen LogP contribution is -2.18. The summed E-state index contributed by atoms with van der Waals surface area (Å²) < 4.78 is 26.9. The number of carbonyl (C=O) groups excluding carboxylic acids is 1. The zero-order chi connectivity index (χ0) is 12.6. The molecule has 2 aromatic rings. The van der Waals surface area contributed by atoms with Gasteiger partial charge in [-0.25, -0.2) is 13.1 Å². The first kappa shape index (κ1) is 11.8. The second-order valence-electron chi connectivity index (χ2n) is 3.63. The molecule has 1 N–H and O–H groups in total. The molecule has 0 aliphatic carbocycles. The third-order valence-electron chi connectivity index (χ3n) is 2.58. The summed E-state index contributed by atoms with van der Waals surface area (Å²) in [5.74, 6) is -0.107. The number of nitrogens with one attached hydrogen (secondary N) is 1.